The Hall–Kier alpha value is -3.68. The molecule has 1 atom stereocenters. The summed E-state index contributed by atoms with van der Waals surface area (Å²) in [7, 11) is -8.11. The minimum absolute atomic E-state index is 0.150. The average Bonchev–Trinajstić information content (AvgIpc) is 3.29. The van der Waals surface area contributed by atoms with Gasteiger partial charge in [0.15, 0.2) is 0 Å². The van der Waals surface area contributed by atoms with Gasteiger partial charge in [0.05, 0.1) is 29.4 Å². The zero-order valence-electron chi connectivity index (χ0n) is 19.3. The molecule has 194 valence electrons. The van der Waals surface area contributed by atoms with E-state index < -0.39 is 37.4 Å². The number of halogens is 2. The normalized spacial score (nSPS) is 16.5. The van der Waals surface area contributed by atoms with Gasteiger partial charge in [-0.25, -0.2) is 45.5 Å². The molecule has 4 rings (SSSR count). The summed E-state index contributed by atoms with van der Waals surface area (Å²) in [5.41, 5.74) is 2.02. The zero-order valence-corrected chi connectivity index (χ0v) is 21.0. The van der Waals surface area contributed by atoms with Gasteiger partial charge in [0.1, 0.15) is 11.6 Å². The van der Waals surface area contributed by atoms with Crippen LogP contribution in [0.5, 0.6) is 0 Å². The van der Waals surface area contributed by atoms with Gasteiger partial charge in [0.2, 0.25) is 16.0 Å². The van der Waals surface area contributed by atoms with Crippen LogP contribution in [0.25, 0.3) is 0 Å². The highest BCUT2D eigenvalue weighted by atomic mass is 32.2. The van der Waals surface area contributed by atoms with Gasteiger partial charge in [-0.15, -0.1) is 0 Å². The second kappa shape index (κ2) is 10.7. The molecule has 0 bridgehead atoms. The van der Waals surface area contributed by atoms with Crippen molar-refractivity contribution in [2.75, 3.05) is 18.8 Å². The minimum Gasteiger partial charge on any atom is -0.250 e. The van der Waals surface area contributed by atoms with Gasteiger partial charge >= 0.3 is 0 Å². The molecule has 3 N–H and O–H groups in total. The Bertz CT molecular complexity index is 1530. The van der Waals surface area contributed by atoms with Crippen LogP contribution in [0, 0.1) is 11.6 Å². The van der Waals surface area contributed by atoms with Crippen molar-refractivity contribution in [3.63, 3.8) is 0 Å². The molecule has 0 radical (unpaired) electrons. The molecule has 1 aliphatic rings. The number of hydrazone groups is 1. The van der Waals surface area contributed by atoms with Gasteiger partial charge in [-0.2, -0.15) is 5.10 Å². The molecule has 3 aromatic carbocycles. The van der Waals surface area contributed by atoms with E-state index in [4.69, 9.17) is 5.14 Å². The molecule has 1 heterocycles. The molecule has 13 heteroatoms. The highest BCUT2D eigenvalue weighted by Crippen LogP contribution is 2.29. The van der Waals surface area contributed by atoms with Gasteiger partial charge < -0.3 is 0 Å². The topological polar surface area (TPSA) is 134 Å². The van der Waals surface area contributed by atoms with Gasteiger partial charge in [0, 0.05) is 5.92 Å². The number of nitrogens with zero attached hydrogens (tertiary/aromatic N) is 3. The molecule has 0 amide bonds. The fourth-order valence-corrected chi connectivity index (χ4v) is 5.07. The maximum absolute atomic E-state index is 13.6. The van der Waals surface area contributed by atoms with E-state index in [0.29, 0.717) is 11.3 Å². The summed E-state index contributed by atoms with van der Waals surface area (Å²) >= 11 is 0. The lowest BCUT2D eigenvalue weighted by atomic mass is 9.91. The third-order valence-electron chi connectivity index (χ3n) is 5.49. The van der Waals surface area contributed by atoms with Gasteiger partial charge in [-0.3, -0.25) is 0 Å². The standard InChI is InChI=1S/C24H23F2N5O4S2/c25-19-8-6-18(7-9-19)23-22(17-4-2-1-3-5-17)16-31(29-23)24(28-14-15-36(27,32)33)30-37(34,35)21-12-10-20(26)11-13-21/h1-13,22H,14-16H2,(H,28,30)(H2,27,32,33)/t22-/m0/s1. The van der Waals surface area contributed by atoms with Crippen LogP contribution in [-0.2, 0) is 20.0 Å². The maximum Gasteiger partial charge on any atom is 0.264 e. The number of guanidine groups is 1. The summed E-state index contributed by atoms with van der Waals surface area (Å²) < 4.78 is 78.2. The average molecular weight is 548 g/mol. The molecular formula is C24H23F2N5O4S2. The van der Waals surface area contributed by atoms with Crippen molar-refractivity contribution in [3.05, 3.63) is 102 Å². The Morgan fingerprint density at radius 1 is 0.946 bits per heavy atom. The number of aliphatic imine (C=N–C) groups is 1. The van der Waals surface area contributed by atoms with Crippen LogP contribution < -0.4 is 9.86 Å². The first-order valence-corrected chi connectivity index (χ1v) is 14.2. The number of nitrogens with one attached hydrogen (secondary N) is 1. The van der Waals surface area contributed by atoms with Crippen molar-refractivity contribution in [1.82, 2.24) is 9.73 Å². The van der Waals surface area contributed by atoms with E-state index in [1.165, 1.54) is 17.1 Å². The predicted octanol–water partition coefficient (Wildman–Crippen LogP) is 2.39. The molecule has 0 spiro atoms. The van der Waals surface area contributed by atoms with Crippen LogP contribution in [0.3, 0.4) is 0 Å². The maximum atomic E-state index is 13.6. The summed E-state index contributed by atoms with van der Waals surface area (Å²) in [5, 5.41) is 11.0. The van der Waals surface area contributed by atoms with E-state index in [9.17, 15) is 25.6 Å². The quantitative estimate of drug-likeness (QED) is 0.346. The third kappa shape index (κ3) is 6.76. The Morgan fingerprint density at radius 3 is 2.14 bits per heavy atom. The molecule has 0 aliphatic carbocycles. The highest BCUT2D eigenvalue weighted by molar-refractivity contribution is 7.90. The molecule has 0 fully saturated rings. The molecule has 0 saturated heterocycles. The smallest absolute Gasteiger partial charge is 0.250 e. The number of rotatable bonds is 7. The van der Waals surface area contributed by atoms with E-state index in [-0.39, 0.29) is 29.9 Å². The first-order valence-electron chi connectivity index (χ1n) is 11.0. The molecular weight excluding hydrogens is 524 g/mol. The lowest BCUT2D eigenvalue weighted by molar-refractivity contribution is 0.461. The summed E-state index contributed by atoms with van der Waals surface area (Å²) in [6.45, 7) is -0.190. The van der Waals surface area contributed by atoms with E-state index >= 15 is 0 Å². The number of sulfonamides is 2. The van der Waals surface area contributed by atoms with Crippen molar-refractivity contribution in [2.45, 2.75) is 10.8 Å². The predicted molar refractivity (Wildman–Crippen MR) is 136 cm³/mol. The van der Waals surface area contributed by atoms with E-state index in [1.807, 2.05) is 30.3 Å². The minimum atomic E-state index is -4.24. The van der Waals surface area contributed by atoms with Crippen molar-refractivity contribution in [2.24, 2.45) is 15.2 Å². The van der Waals surface area contributed by atoms with E-state index in [0.717, 1.165) is 29.8 Å². The number of nitrogens with two attached hydrogens (primary N) is 1. The van der Waals surface area contributed by atoms with Crippen LogP contribution in [-0.4, -0.2) is 52.4 Å². The fraction of sp³-hybridized carbons (Fsp3) is 0.167. The Labute approximate surface area is 213 Å². The number of primary sulfonamides is 1. The Balaban J connectivity index is 1.73. The highest BCUT2D eigenvalue weighted by Gasteiger charge is 2.33. The molecule has 9 nitrogen and oxygen atoms in total. The van der Waals surface area contributed by atoms with Crippen molar-refractivity contribution >= 4 is 31.7 Å². The summed E-state index contributed by atoms with van der Waals surface area (Å²) in [5.74, 6) is -2.15. The Morgan fingerprint density at radius 2 is 1.54 bits per heavy atom. The van der Waals surface area contributed by atoms with Gasteiger partial charge in [0.25, 0.3) is 10.0 Å². The SMILES string of the molecule is NS(=O)(=O)CCN=C(NS(=O)(=O)c1ccc(F)cc1)N1C[C@@H](c2ccccc2)C(c2ccc(F)cc2)=N1. The molecule has 0 unspecified atom stereocenters. The lowest BCUT2D eigenvalue weighted by Crippen LogP contribution is -2.41. The van der Waals surface area contributed by atoms with Crippen molar-refractivity contribution < 1.29 is 25.6 Å². The molecule has 0 aromatic heterocycles. The number of hydrogen-bond donors (Lipinski definition) is 2. The van der Waals surface area contributed by atoms with Crippen LogP contribution in [0.1, 0.15) is 17.0 Å². The summed E-state index contributed by atoms with van der Waals surface area (Å²) in [4.78, 5) is 3.91. The second-order valence-electron chi connectivity index (χ2n) is 8.17. The monoisotopic (exact) mass is 547 g/mol. The molecule has 1 aliphatic heterocycles. The largest absolute Gasteiger partial charge is 0.264 e. The van der Waals surface area contributed by atoms with Gasteiger partial charge in [-0.1, -0.05) is 42.5 Å². The van der Waals surface area contributed by atoms with Crippen LogP contribution >= 0.6 is 0 Å². The summed E-state index contributed by atoms with van der Waals surface area (Å²) in [6.07, 6.45) is 0. The first kappa shape index (κ1) is 26.4. The van der Waals surface area contributed by atoms with Crippen LogP contribution in [0.4, 0.5) is 8.78 Å². The number of benzene rings is 3. The zero-order chi connectivity index (χ0) is 26.6. The van der Waals surface area contributed by atoms with Gasteiger partial charge in [-0.05, 0) is 47.5 Å². The lowest BCUT2D eigenvalue weighted by Gasteiger charge is -2.20. The fourth-order valence-electron chi connectivity index (χ4n) is 3.70. The molecule has 37 heavy (non-hydrogen) atoms. The third-order valence-corrected chi connectivity index (χ3v) is 7.58. The second-order valence-corrected chi connectivity index (χ2v) is 11.6. The van der Waals surface area contributed by atoms with E-state index in [2.05, 4.69) is 14.8 Å². The Kier molecular flexibility index (Phi) is 7.66. The van der Waals surface area contributed by atoms with E-state index in [1.54, 1.807) is 12.1 Å². The van der Waals surface area contributed by atoms with Crippen LogP contribution in [0.2, 0.25) is 0 Å². The molecule has 3 aromatic rings. The van der Waals surface area contributed by atoms with Crippen LogP contribution in [0.15, 0.2) is 93.9 Å². The van der Waals surface area contributed by atoms with Crippen molar-refractivity contribution in [3.8, 4) is 0 Å². The molecule has 0 saturated carbocycles. The summed E-state index contributed by atoms with van der Waals surface area (Å²) in [6, 6.07) is 19.2. The van der Waals surface area contributed by atoms with Crippen molar-refractivity contribution in [1.29, 1.82) is 0 Å². The number of hydrogen-bond acceptors (Lipinski definition) is 6. The first-order chi connectivity index (χ1) is 17.5.